The Morgan fingerprint density at radius 2 is 2.07 bits per heavy atom. The third-order valence-electron chi connectivity index (χ3n) is 7.73. The van der Waals surface area contributed by atoms with Gasteiger partial charge in [-0.25, -0.2) is 0 Å². The van der Waals surface area contributed by atoms with Crippen LogP contribution < -0.4 is 9.47 Å². The Bertz CT molecular complexity index is 835. The second-order valence-electron chi connectivity index (χ2n) is 9.46. The largest absolute Gasteiger partial charge is 0.493 e. The molecule has 3 aliphatic carbocycles. The van der Waals surface area contributed by atoms with Gasteiger partial charge in [-0.2, -0.15) is 0 Å². The van der Waals surface area contributed by atoms with Crippen molar-refractivity contribution in [2.45, 2.75) is 83.4 Å². The summed E-state index contributed by atoms with van der Waals surface area (Å²) < 4.78 is 11.8. The van der Waals surface area contributed by atoms with Crippen molar-refractivity contribution in [3.8, 4) is 11.5 Å². The lowest BCUT2D eigenvalue weighted by atomic mass is 9.55. The van der Waals surface area contributed by atoms with Crippen LogP contribution >= 0.6 is 11.6 Å². The first-order chi connectivity index (χ1) is 14.4. The lowest BCUT2D eigenvalue weighted by Crippen LogP contribution is -2.42. The first kappa shape index (κ1) is 21.7. The van der Waals surface area contributed by atoms with E-state index >= 15 is 0 Å². The molecule has 164 valence electrons. The molecule has 0 unspecified atom stereocenters. The maximum atomic E-state index is 12.8. The van der Waals surface area contributed by atoms with Gasteiger partial charge in [-0.3, -0.25) is 9.59 Å². The number of aryl methyl sites for hydroxylation is 1. The van der Waals surface area contributed by atoms with Crippen LogP contribution in [0.3, 0.4) is 0 Å². The van der Waals surface area contributed by atoms with Gasteiger partial charge < -0.3 is 9.47 Å². The molecular weight excluding hydrogens is 400 g/mol. The Kier molecular flexibility index (Phi) is 6.16. The number of benzene rings is 1. The maximum absolute atomic E-state index is 12.8. The van der Waals surface area contributed by atoms with Gasteiger partial charge in [0.25, 0.3) is 0 Å². The Balaban J connectivity index is 1.69. The first-order valence-electron chi connectivity index (χ1n) is 11.6. The maximum Gasteiger partial charge on any atom is 0.310 e. The van der Waals surface area contributed by atoms with Gasteiger partial charge in [-0.15, -0.1) is 11.6 Å². The van der Waals surface area contributed by atoms with Crippen molar-refractivity contribution in [3.05, 3.63) is 23.3 Å². The second-order valence-corrected chi connectivity index (χ2v) is 9.99. The molecule has 0 saturated heterocycles. The Hall–Kier alpha value is -1.55. The predicted molar refractivity (Wildman–Crippen MR) is 117 cm³/mol. The zero-order chi connectivity index (χ0) is 21.5. The molecule has 4 nitrogen and oxygen atoms in total. The number of unbranched alkanes of at least 4 members (excludes halogenated alkanes) is 1. The molecule has 0 radical (unpaired) electrons. The highest BCUT2D eigenvalue weighted by Crippen LogP contribution is 2.61. The average molecular weight is 433 g/mol. The van der Waals surface area contributed by atoms with Crippen molar-refractivity contribution in [3.63, 3.8) is 0 Å². The summed E-state index contributed by atoms with van der Waals surface area (Å²) in [6.45, 7) is 6.75. The highest BCUT2D eigenvalue weighted by Gasteiger charge is 2.58. The summed E-state index contributed by atoms with van der Waals surface area (Å²) in [6, 6.07) is 4.05. The van der Waals surface area contributed by atoms with Crippen LogP contribution in [0.5, 0.6) is 11.5 Å². The smallest absolute Gasteiger partial charge is 0.310 e. The molecule has 1 aromatic rings. The fourth-order valence-corrected chi connectivity index (χ4v) is 6.54. The van der Waals surface area contributed by atoms with Gasteiger partial charge in [0.05, 0.1) is 12.0 Å². The highest BCUT2D eigenvalue weighted by molar-refractivity contribution is 6.32. The van der Waals surface area contributed by atoms with Crippen LogP contribution in [0.15, 0.2) is 12.1 Å². The van der Waals surface area contributed by atoms with Crippen LogP contribution in [-0.2, 0) is 16.0 Å². The second kappa shape index (κ2) is 8.53. The minimum Gasteiger partial charge on any atom is -0.493 e. The number of carbonyl (C=O) groups excluding carboxylic acids is 2. The van der Waals surface area contributed by atoms with Crippen LogP contribution in [0, 0.1) is 17.3 Å². The monoisotopic (exact) mass is 432 g/mol. The minimum atomic E-state index is -0.355. The molecule has 0 aliphatic heterocycles. The van der Waals surface area contributed by atoms with E-state index in [1.165, 1.54) is 11.1 Å². The first-order valence-corrected chi connectivity index (χ1v) is 12.0. The molecular formula is C25H33ClO4. The van der Waals surface area contributed by atoms with Crippen LogP contribution in [-0.4, -0.2) is 23.7 Å². The minimum absolute atomic E-state index is 0.220. The molecule has 5 heteroatoms. The average Bonchev–Trinajstić information content (AvgIpc) is 2.97. The molecule has 0 spiro atoms. The third kappa shape index (κ3) is 3.66. The van der Waals surface area contributed by atoms with E-state index in [0.717, 1.165) is 50.7 Å². The Labute approximate surface area is 184 Å². The predicted octanol–water partition coefficient (Wildman–Crippen LogP) is 5.82. The summed E-state index contributed by atoms with van der Waals surface area (Å²) >= 11 is 6.42. The highest BCUT2D eigenvalue weighted by atomic mass is 35.5. The van der Waals surface area contributed by atoms with E-state index in [9.17, 15) is 9.59 Å². The van der Waals surface area contributed by atoms with Gasteiger partial charge in [0.2, 0.25) is 0 Å². The molecule has 30 heavy (non-hydrogen) atoms. The number of alkyl halides is 1. The van der Waals surface area contributed by atoms with E-state index in [1.807, 2.05) is 13.0 Å². The number of halogens is 1. The van der Waals surface area contributed by atoms with Gasteiger partial charge >= 0.3 is 5.97 Å². The summed E-state index contributed by atoms with van der Waals surface area (Å²) in [7, 11) is 0. The normalized spacial score (nSPS) is 32.2. The number of hydrogen-bond acceptors (Lipinski definition) is 4. The van der Waals surface area contributed by atoms with Gasteiger partial charge in [-0.1, -0.05) is 27.2 Å². The summed E-state index contributed by atoms with van der Waals surface area (Å²) in [4.78, 5) is 25.0. The van der Waals surface area contributed by atoms with E-state index in [4.69, 9.17) is 21.1 Å². The van der Waals surface area contributed by atoms with Crippen molar-refractivity contribution in [1.82, 2.24) is 0 Å². The van der Waals surface area contributed by atoms with E-state index in [1.54, 1.807) is 0 Å². The number of fused-ring (bicyclic) bond motifs is 5. The molecule has 1 aromatic carbocycles. The van der Waals surface area contributed by atoms with Crippen LogP contribution in [0.25, 0.3) is 0 Å². The molecule has 4 rings (SSSR count). The molecule has 0 heterocycles. The summed E-state index contributed by atoms with van der Waals surface area (Å²) in [5.41, 5.74) is 2.11. The molecule has 0 aromatic heterocycles. The van der Waals surface area contributed by atoms with Crippen molar-refractivity contribution in [2.24, 2.45) is 17.3 Å². The number of carbonyl (C=O) groups is 2. The fraction of sp³-hybridized carbons (Fsp3) is 0.680. The van der Waals surface area contributed by atoms with Gasteiger partial charge in [0.15, 0.2) is 5.78 Å². The van der Waals surface area contributed by atoms with E-state index < -0.39 is 0 Å². The number of hydrogen-bond donors (Lipinski definition) is 0. The van der Waals surface area contributed by atoms with E-state index in [-0.39, 0.29) is 22.5 Å². The zero-order valence-corrected chi connectivity index (χ0v) is 19.1. The molecule has 5 atom stereocenters. The standard InChI is InChI=1S/C25H33ClO4/c1-4-6-11-29-16-12-15-7-8-17-18(23(15)21(13-16)30-22(27)5-2)9-10-25(3)19(17)14-20(26)24(25)28/h12-13,17-20H,4-11,14H2,1-3H3/t17-,18+,19+,20+,25+/m1/s1. The topological polar surface area (TPSA) is 52.6 Å². The summed E-state index contributed by atoms with van der Waals surface area (Å²) in [6.07, 6.45) is 6.96. The third-order valence-corrected chi connectivity index (χ3v) is 8.11. The number of ketones is 1. The van der Waals surface area contributed by atoms with Gasteiger partial charge in [0, 0.05) is 23.5 Å². The van der Waals surface area contributed by atoms with Crippen molar-refractivity contribution < 1.29 is 19.1 Å². The van der Waals surface area contributed by atoms with Crippen molar-refractivity contribution in [2.75, 3.05) is 6.61 Å². The van der Waals surface area contributed by atoms with E-state index in [2.05, 4.69) is 19.9 Å². The van der Waals surface area contributed by atoms with Crippen molar-refractivity contribution >= 4 is 23.4 Å². The molecule has 2 fully saturated rings. The number of esters is 1. The summed E-state index contributed by atoms with van der Waals surface area (Å²) in [5, 5.41) is -0.355. The van der Waals surface area contributed by atoms with Crippen molar-refractivity contribution in [1.29, 1.82) is 0 Å². The number of rotatable bonds is 6. The molecule has 0 N–H and O–H groups in total. The van der Waals surface area contributed by atoms with Gasteiger partial charge in [0.1, 0.15) is 11.5 Å². The Morgan fingerprint density at radius 1 is 1.27 bits per heavy atom. The summed E-state index contributed by atoms with van der Waals surface area (Å²) in [5.74, 6) is 2.50. The lowest BCUT2D eigenvalue weighted by Gasteiger charge is -2.48. The Morgan fingerprint density at radius 3 is 2.80 bits per heavy atom. The fourth-order valence-electron chi connectivity index (χ4n) is 6.10. The number of ether oxygens (including phenoxy) is 2. The SMILES string of the molecule is CCCCOc1cc2c(c(OC(=O)CC)c1)[C@H]1CC[C@]3(C)C(=O)[C@@H](Cl)C[C@H]3[C@@H]1CC2. The molecule has 0 amide bonds. The van der Waals surface area contributed by atoms with Gasteiger partial charge in [-0.05, 0) is 67.9 Å². The zero-order valence-electron chi connectivity index (χ0n) is 18.3. The van der Waals surface area contributed by atoms with E-state index in [0.29, 0.717) is 36.5 Å². The molecule has 0 bridgehead atoms. The van der Waals surface area contributed by atoms with Crippen LogP contribution in [0.2, 0.25) is 0 Å². The molecule has 2 saturated carbocycles. The number of Topliss-reactive ketones (excluding diaryl/α,β-unsaturated/α-hetero) is 1. The quantitative estimate of drug-likeness (QED) is 0.246. The lowest BCUT2D eigenvalue weighted by molar-refractivity contribution is -0.134. The van der Waals surface area contributed by atoms with Crippen LogP contribution in [0.4, 0.5) is 0 Å². The molecule has 3 aliphatic rings. The van der Waals surface area contributed by atoms with Crippen LogP contribution in [0.1, 0.15) is 82.8 Å².